The molecule has 0 unspecified atom stereocenters. The van der Waals surface area contributed by atoms with Gasteiger partial charge in [0.2, 0.25) is 0 Å². The van der Waals surface area contributed by atoms with E-state index < -0.39 is 22.6 Å². The van der Waals surface area contributed by atoms with Gasteiger partial charge in [-0.05, 0) is 82.8 Å². The monoisotopic (exact) mass is 545 g/mol. The lowest BCUT2D eigenvalue weighted by atomic mass is 9.87. The second kappa shape index (κ2) is 10.9. The van der Waals surface area contributed by atoms with Crippen molar-refractivity contribution < 1.29 is 27.5 Å². The molecular formula is C31H31NO6S. The van der Waals surface area contributed by atoms with Crippen molar-refractivity contribution in [1.82, 2.24) is 0 Å². The maximum atomic E-state index is 13.1. The van der Waals surface area contributed by atoms with Crippen molar-refractivity contribution in [3.05, 3.63) is 101 Å². The minimum Gasteiger partial charge on any atom is -0.497 e. The third-order valence-electron chi connectivity index (χ3n) is 6.42. The van der Waals surface area contributed by atoms with Crippen molar-refractivity contribution in [2.45, 2.75) is 38.0 Å². The molecule has 0 aromatic heterocycles. The molecule has 0 saturated heterocycles. The zero-order valence-electron chi connectivity index (χ0n) is 22.6. The topological polar surface area (TPSA) is 98.8 Å². The normalized spacial score (nSPS) is 11.7. The standard InChI is InChI=1S/C31H31NO6S/c1-20-6-12-25(31(2,3)4)18-29(20)39(35,36)32-26-13-9-21(10-14-26)30(34)38-19-28(33)24-8-7-23-17-27(37-5)15-11-22(23)16-24/h6-18,32H,19H2,1-5H3. The van der Waals surface area contributed by atoms with Gasteiger partial charge < -0.3 is 9.47 Å². The molecule has 0 saturated carbocycles. The largest absolute Gasteiger partial charge is 0.497 e. The third kappa shape index (κ3) is 6.46. The summed E-state index contributed by atoms with van der Waals surface area (Å²) in [7, 11) is -2.26. The highest BCUT2D eigenvalue weighted by atomic mass is 32.2. The predicted molar refractivity (Wildman–Crippen MR) is 152 cm³/mol. The number of benzene rings is 4. The Kier molecular flexibility index (Phi) is 7.79. The number of ketones is 1. The van der Waals surface area contributed by atoms with Crippen LogP contribution in [-0.4, -0.2) is 33.9 Å². The molecule has 0 heterocycles. The number of hydrogen-bond acceptors (Lipinski definition) is 6. The first kappa shape index (κ1) is 27.9. The summed E-state index contributed by atoms with van der Waals surface area (Å²) in [4.78, 5) is 25.4. The first-order chi connectivity index (χ1) is 18.4. The van der Waals surface area contributed by atoms with E-state index in [9.17, 15) is 18.0 Å². The molecule has 0 bridgehead atoms. The van der Waals surface area contributed by atoms with Crippen LogP contribution >= 0.6 is 0 Å². The van der Waals surface area contributed by atoms with Crippen molar-refractivity contribution in [3.8, 4) is 5.75 Å². The van der Waals surface area contributed by atoms with Crippen LogP contribution in [0.4, 0.5) is 5.69 Å². The predicted octanol–water partition coefficient (Wildman–Crippen LogP) is 6.29. The highest BCUT2D eigenvalue weighted by Gasteiger charge is 2.22. The van der Waals surface area contributed by atoms with E-state index >= 15 is 0 Å². The minimum atomic E-state index is -3.85. The summed E-state index contributed by atoms with van der Waals surface area (Å²) in [5, 5.41) is 1.79. The molecule has 202 valence electrons. The summed E-state index contributed by atoms with van der Waals surface area (Å²) < 4.78 is 39.2. The van der Waals surface area contributed by atoms with Crippen molar-refractivity contribution in [2.24, 2.45) is 0 Å². The fraction of sp³-hybridized carbons (Fsp3) is 0.226. The van der Waals surface area contributed by atoms with Crippen LogP contribution in [0.3, 0.4) is 0 Å². The molecule has 4 aromatic carbocycles. The van der Waals surface area contributed by atoms with Crippen molar-refractivity contribution in [3.63, 3.8) is 0 Å². The van der Waals surface area contributed by atoms with Crippen LogP contribution in [0.15, 0.2) is 83.8 Å². The summed E-state index contributed by atoms with van der Waals surface area (Å²) in [5.74, 6) is -0.297. The Morgan fingerprint density at radius 1 is 0.821 bits per heavy atom. The molecule has 0 radical (unpaired) electrons. The number of rotatable bonds is 8. The van der Waals surface area contributed by atoms with Crippen LogP contribution in [0.1, 0.15) is 52.6 Å². The Morgan fingerprint density at radius 2 is 1.46 bits per heavy atom. The van der Waals surface area contributed by atoms with Crippen molar-refractivity contribution in [1.29, 1.82) is 0 Å². The summed E-state index contributed by atoms with van der Waals surface area (Å²) in [5.41, 5.74) is 2.26. The number of ether oxygens (including phenoxy) is 2. The van der Waals surface area contributed by atoms with Crippen LogP contribution in [0.2, 0.25) is 0 Å². The smallest absolute Gasteiger partial charge is 0.338 e. The molecule has 0 aliphatic rings. The number of hydrogen-bond donors (Lipinski definition) is 1. The van der Waals surface area contributed by atoms with Gasteiger partial charge in [0.1, 0.15) is 5.75 Å². The number of nitrogens with one attached hydrogen (secondary N) is 1. The van der Waals surface area contributed by atoms with Crippen LogP contribution in [0.5, 0.6) is 5.75 Å². The molecule has 8 heteroatoms. The number of carbonyl (C=O) groups is 2. The molecule has 4 rings (SSSR count). The first-order valence-corrected chi connectivity index (χ1v) is 13.9. The number of anilines is 1. The van der Waals surface area contributed by atoms with E-state index in [0.29, 0.717) is 16.8 Å². The molecule has 0 spiro atoms. The lowest BCUT2D eigenvalue weighted by molar-refractivity contribution is 0.0475. The van der Waals surface area contributed by atoms with Crippen molar-refractivity contribution in [2.75, 3.05) is 18.4 Å². The Bertz CT molecular complexity index is 1650. The van der Waals surface area contributed by atoms with E-state index in [4.69, 9.17) is 9.47 Å². The first-order valence-electron chi connectivity index (χ1n) is 12.4. The Balaban J connectivity index is 1.40. The number of methoxy groups -OCH3 is 1. The van der Waals surface area contributed by atoms with Gasteiger partial charge in [0, 0.05) is 11.3 Å². The zero-order valence-corrected chi connectivity index (χ0v) is 23.4. The second-order valence-electron chi connectivity index (χ2n) is 10.3. The fourth-order valence-electron chi connectivity index (χ4n) is 4.06. The van der Waals surface area contributed by atoms with Gasteiger partial charge in [-0.3, -0.25) is 9.52 Å². The van der Waals surface area contributed by atoms with Crippen LogP contribution in [-0.2, 0) is 20.2 Å². The molecular weight excluding hydrogens is 514 g/mol. The van der Waals surface area contributed by atoms with Gasteiger partial charge in [-0.1, -0.05) is 51.1 Å². The fourth-order valence-corrected chi connectivity index (χ4v) is 5.39. The van der Waals surface area contributed by atoms with Gasteiger partial charge >= 0.3 is 5.97 Å². The molecule has 0 atom stereocenters. The highest BCUT2D eigenvalue weighted by molar-refractivity contribution is 7.92. The zero-order chi connectivity index (χ0) is 28.4. The SMILES string of the molecule is COc1ccc2cc(C(=O)COC(=O)c3ccc(NS(=O)(=O)c4cc(C(C)(C)C)ccc4C)cc3)ccc2c1. The highest BCUT2D eigenvalue weighted by Crippen LogP contribution is 2.28. The average Bonchev–Trinajstić information content (AvgIpc) is 2.90. The van der Waals surface area contributed by atoms with E-state index in [-0.39, 0.29) is 21.7 Å². The van der Waals surface area contributed by atoms with Gasteiger partial charge in [-0.15, -0.1) is 0 Å². The Hall–Kier alpha value is -4.17. The van der Waals surface area contributed by atoms with Gasteiger partial charge in [0.15, 0.2) is 12.4 Å². The number of esters is 1. The molecule has 4 aromatic rings. The van der Waals surface area contributed by atoms with Gasteiger partial charge in [-0.2, -0.15) is 0 Å². The van der Waals surface area contributed by atoms with E-state index in [1.165, 1.54) is 24.3 Å². The minimum absolute atomic E-state index is 0.197. The van der Waals surface area contributed by atoms with Crippen LogP contribution in [0, 0.1) is 6.92 Å². The number of aryl methyl sites for hydroxylation is 1. The quantitative estimate of drug-likeness (QED) is 0.206. The molecule has 0 aliphatic carbocycles. The van der Waals surface area contributed by atoms with Crippen molar-refractivity contribution >= 4 is 38.2 Å². The van der Waals surface area contributed by atoms with Gasteiger partial charge in [0.25, 0.3) is 10.0 Å². The van der Waals surface area contributed by atoms with Gasteiger partial charge in [0.05, 0.1) is 17.6 Å². The van der Waals surface area contributed by atoms with Gasteiger partial charge in [-0.25, -0.2) is 13.2 Å². The average molecular weight is 546 g/mol. The number of carbonyl (C=O) groups excluding carboxylic acids is 2. The van der Waals surface area contributed by atoms with Crippen LogP contribution < -0.4 is 9.46 Å². The van der Waals surface area contributed by atoms with E-state index in [0.717, 1.165) is 22.1 Å². The Labute approximate surface area is 228 Å². The van der Waals surface area contributed by atoms with E-state index in [1.54, 1.807) is 38.3 Å². The summed E-state index contributed by atoms with van der Waals surface area (Å²) in [6.45, 7) is 7.39. The van der Waals surface area contributed by atoms with Crippen LogP contribution in [0.25, 0.3) is 10.8 Å². The van der Waals surface area contributed by atoms with E-state index in [1.807, 2.05) is 51.1 Å². The lowest BCUT2D eigenvalue weighted by Crippen LogP contribution is -2.17. The number of sulfonamides is 1. The van der Waals surface area contributed by atoms with E-state index in [2.05, 4.69) is 4.72 Å². The molecule has 0 aliphatic heterocycles. The lowest BCUT2D eigenvalue weighted by Gasteiger charge is -2.21. The maximum Gasteiger partial charge on any atom is 0.338 e. The summed E-state index contributed by atoms with van der Waals surface area (Å²) in [6, 6.07) is 22.0. The molecule has 39 heavy (non-hydrogen) atoms. The third-order valence-corrected chi connectivity index (χ3v) is 7.94. The second-order valence-corrected chi connectivity index (χ2v) is 12.0. The molecule has 0 fully saturated rings. The summed E-state index contributed by atoms with van der Waals surface area (Å²) in [6.07, 6.45) is 0. The molecule has 1 N–H and O–H groups in total. The maximum absolute atomic E-state index is 13.1. The molecule has 7 nitrogen and oxygen atoms in total. The summed E-state index contributed by atoms with van der Waals surface area (Å²) >= 11 is 0. The number of Topliss-reactive ketones (excluding diaryl/α,β-unsaturated/α-hetero) is 1. The molecule has 0 amide bonds. The Morgan fingerprint density at radius 3 is 2.13 bits per heavy atom. The number of fused-ring (bicyclic) bond motifs is 1.